The number of para-hydroxylation sites is 1. The molecule has 1 aliphatic carbocycles. The van der Waals surface area contributed by atoms with Crippen molar-refractivity contribution in [3.8, 4) is 0 Å². The lowest BCUT2D eigenvalue weighted by molar-refractivity contribution is 0.349. The van der Waals surface area contributed by atoms with Gasteiger partial charge in [-0.1, -0.05) is 19.6 Å². The zero-order valence-corrected chi connectivity index (χ0v) is 14.5. The Kier molecular flexibility index (Phi) is 6.87. The summed E-state index contributed by atoms with van der Waals surface area (Å²) in [6.07, 6.45) is 6.25. The molecule has 1 aliphatic rings. The van der Waals surface area contributed by atoms with Gasteiger partial charge in [-0.05, 0) is 63.1 Å². The number of aromatic nitrogens is 2. The fourth-order valence-corrected chi connectivity index (χ4v) is 4.58. The van der Waals surface area contributed by atoms with Crippen molar-refractivity contribution in [2.24, 2.45) is 11.7 Å². The lowest BCUT2D eigenvalue weighted by Gasteiger charge is -2.27. The Hall–Kier alpha value is -1.33. The summed E-state index contributed by atoms with van der Waals surface area (Å²) >= 11 is 1.93. The van der Waals surface area contributed by atoms with Gasteiger partial charge in [0.1, 0.15) is 5.82 Å². The van der Waals surface area contributed by atoms with Gasteiger partial charge in [-0.2, -0.15) is 11.8 Å². The van der Waals surface area contributed by atoms with Gasteiger partial charge < -0.3 is 10.7 Å². The maximum atomic E-state index is 12.2. The molecule has 0 saturated heterocycles. The SMILES string of the molecule is C.Cc1cccc2c(=O)[nH]c(CSC3CCC(CCN)CC3)nc12. The molecule has 1 heterocycles. The second-order valence-corrected chi connectivity index (χ2v) is 7.80. The lowest BCUT2D eigenvalue weighted by atomic mass is 9.87. The van der Waals surface area contributed by atoms with Crippen molar-refractivity contribution in [1.29, 1.82) is 0 Å². The molecular formula is C19H29N3OS. The average Bonchev–Trinajstić information content (AvgIpc) is 2.56. The summed E-state index contributed by atoms with van der Waals surface area (Å²) in [5.74, 6) is 2.40. The molecule has 0 radical (unpaired) electrons. The minimum atomic E-state index is -0.0269. The first-order chi connectivity index (χ1) is 11.2. The van der Waals surface area contributed by atoms with Gasteiger partial charge in [0.25, 0.3) is 5.56 Å². The van der Waals surface area contributed by atoms with E-state index in [1.54, 1.807) is 0 Å². The highest BCUT2D eigenvalue weighted by atomic mass is 32.2. The van der Waals surface area contributed by atoms with Crippen LogP contribution in [0.2, 0.25) is 0 Å². The highest BCUT2D eigenvalue weighted by molar-refractivity contribution is 7.99. The van der Waals surface area contributed by atoms with Crippen LogP contribution in [0.1, 0.15) is 50.9 Å². The van der Waals surface area contributed by atoms with Crippen molar-refractivity contribution in [3.63, 3.8) is 0 Å². The molecule has 0 amide bonds. The van der Waals surface area contributed by atoms with Gasteiger partial charge in [-0.15, -0.1) is 0 Å². The zero-order valence-electron chi connectivity index (χ0n) is 13.7. The van der Waals surface area contributed by atoms with E-state index in [-0.39, 0.29) is 13.0 Å². The molecule has 5 heteroatoms. The predicted octanol–water partition coefficient (Wildman–Crippen LogP) is 4.01. The monoisotopic (exact) mass is 347 g/mol. The Balaban J connectivity index is 0.00000208. The van der Waals surface area contributed by atoms with E-state index >= 15 is 0 Å². The fraction of sp³-hybridized carbons (Fsp3) is 0.579. The third kappa shape index (κ3) is 4.39. The van der Waals surface area contributed by atoms with E-state index in [1.165, 1.54) is 25.7 Å². The van der Waals surface area contributed by atoms with Gasteiger partial charge >= 0.3 is 0 Å². The van der Waals surface area contributed by atoms with Crippen molar-refractivity contribution in [1.82, 2.24) is 9.97 Å². The Labute approximate surface area is 148 Å². The van der Waals surface area contributed by atoms with Crippen LogP contribution in [0.15, 0.2) is 23.0 Å². The molecule has 24 heavy (non-hydrogen) atoms. The highest BCUT2D eigenvalue weighted by Gasteiger charge is 2.21. The number of nitrogens with two attached hydrogens (primary N) is 1. The normalized spacial score (nSPS) is 20.8. The van der Waals surface area contributed by atoms with Crippen molar-refractivity contribution in [2.45, 2.75) is 57.5 Å². The first kappa shape index (κ1) is 19.0. The maximum absolute atomic E-state index is 12.2. The summed E-state index contributed by atoms with van der Waals surface area (Å²) in [4.78, 5) is 19.8. The van der Waals surface area contributed by atoms with Crippen LogP contribution in [0.3, 0.4) is 0 Å². The molecule has 132 valence electrons. The Bertz CT molecular complexity index is 720. The number of fused-ring (bicyclic) bond motifs is 1. The molecule has 1 aromatic heterocycles. The summed E-state index contributed by atoms with van der Waals surface area (Å²) in [6, 6.07) is 5.75. The van der Waals surface area contributed by atoms with E-state index in [0.29, 0.717) is 10.6 Å². The number of nitrogens with one attached hydrogen (secondary N) is 1. The van der Waals surface area contributed by atoms with Gasteiger partial charge in [0, 0.05) is 5.25 Å². The summed E-state index contributed by atoms with van der Waals surface area (Å²) in [7, 11) is 0. The molecule has 0 spiro atoms. The lowest BCUT2D eigenvalue weighted by Crippen LogP contribution is -2.19. The minimum absolute atomic E-state index is 0. The summed E-state index contributed by atoms with van der Waals surface area (Å²) in [5.41, 5.74) is 7.52. The van der Waals surface area contributed by atoms with Crippen molar-refractivity contribution in [3.05, 3.63) is 39.9 Å². The van der Waals surface area contributed by atoms with Crippen LogP contribution >= 0.6 is 11.8 Å². The highest BCUT2D eigenvalue weighted by Crippen LogP contribution is 2.34. The van der Waals surface area contributed by atoms with Gasteiger partial charge in [0.2, 0.25) is 0 Å². The van der Waals surface area contributed by atoms with E-state index in [2.05, 4.69) is 9.97 Å². The second-order valence-electron chi connectivity index (χ2n) is 6.51. The molecule has 1 aromatic carbocycles. The molecule has 3 N–H and O–H groups in total. The molecule has 0 atom stereocenters. The van der Waals surface area contributed by atoms with E-state index in [0.717, 1.165) is 41.5 Å². The van der Waals surface area contributed by atoms with Gasteiger partial charge in [-0.25, -0.2) is 4.98 Å². The Morgan fingerprint density at radius 3 is 2.75 bits per heavy atom. The minimum Gasteiger partial charge on any atom is -0.330 e. The molecule has 4 nitrogen and oxygen atoms in total. The predicted molar refractivity (Wildman–Crippen MR) is 105 cm³/mol. The standard InChI is InChI=1S/C18H25N3OS.CH4/c1-12-3-2-4-15-17(12)20-16(21-18(15)22)11-23-14-7-5-13(6-8-14)9-10-19;/h2-4,13-14H,5-11,19H2,1H3,(H,20,21,22);1H4. The van der Waals surface area contributed by atoms with Gasteiger partial charge in [-0.3, -0.25) is 4.79 Å². The Morgan fingerprint density at radius 1 is 1.29 bits per heavy atom. The smallest absolute Gasteiger partial charge is 0.258 e. The molecule has 2 aromatic rings. The molecular weight excluding hydrogens is 318 g/mol. The first-order valence-electron chi connectivity index (χ1n) is 8.47. The number of H-pyrrole nitrogens is 1. The van der Waals surface area contributed by atoms with Gasteiger partial charge in [0.05, 0.1) is 16.7 Å². The third-order valence-corrected chi connectivity index (χ3v) is 6.19. The van der Waals surface area contributed by atoms with Crippen LogP contribution in [0, 0.1) is 12.8 Å². The number of aromatic amines is 1. The summed E-state index contributed by atoms with van der Waals surface area (Å²) < 4.78 is 0. The maximum Gasteiger partial charge on any atom is 0.258 e. The topological polar surface area (TPSA) is 71.8 Å². The number of aryl methyl sites for hydroxylation is 1. The quantitative estimate of drug-likeness (QED) is 0.857. The molecule has 1 fully saturated rings. The van der Waals surface area contributed by atoms with Crippen LogP contribution < -0.4 is 11.3 Å². The van der Waals surface area contributed by atoms with Crippen LogP contribution in [0.4, 0.5) is 0 Å². The van der Waals surface area contributed by atoms with Crippen molar-refractivity contribution < 1.29 is 0 Å². The van der Waals surface area contributed by atoms with E-state index in [4.69, 9.17) is 5.73 Å². The van der Waals surface area contributed by atoms with Crippen LogP contribution in [0.5, 0.6) is 0 Å². The summed E-state index contributed by atoms with van der Waals surface area (Å²) in [6.45, 7) is 2.81. The molecule has 1 saturated carbocycles. The van der Waals surface area contributed by atoms with Crippen molar-refractivity contribution >= 4 is 22.7 Å². The number of rotatable bonds is 5. The molecule has 0 unspecified atom stereocenters. The first-order valence-corrected chi connectivity index (χ1v) is 9.52. The number of hydrogen-bond donors (Lipinski definition) is 2. The van der Waals surface area contributed by atoms with E-state index in [1.807, 2.05) is 36.9 Å². The number of nitrogens with zero attached hydrogens (tertiary/aromatic N) is 1. The molecule has 3 rings (SSSR count). The van der Waals surface area contributed by atoms with Gasteiger partial charge in [0.15, 0.2) is 0 Å². The zero-order chi connectivity index (χ0) is 16.2. The molecule has 0 aliphatic heterocycles. The second kappa shape index (κ2) is 8.67. The number of thioether (sulfide) groups is 1. The largest absolute Gasteiger partial charge is 0.330 e. The molecule has 0 bridgehead atoms. The fourth-order valence-electron chi connectivity index (χ4n) is 3.44. The van der Waals surface area contributed by atoms with Crippen LogP contribution in [-0.4, -0.2) is 21.8 Å². The third-order valence-electron chi connectivity index (χ3n) is 4.81. The van der Waals surface area contributed by atoms with E-state index < -0.39 is 0 Å². The number of hydrogen-bond acceptors (Lipinski definition) is 4. The Morgan fingerprint density at radius 2 is 2.04 bits per heavy atom. The van der Waals surface area contributed by atoms with Crippen LogP contribution in [0.25, 0.3) is 10.9 Å². The average molecular weight is 348 g/mol. The van der Waals surface area contributed by atoms with Crippen LogP contribution in [-0.2, 0) is 5.75 Å². The number of benzene rings is 1. The summed E-state index contributed by atoms with van der Waals surface area (Å²) in [5, 5.41) is 1.36. The van der Waals surface area contributed by atoms with Crippen molar-refractivity contribution in [2.75, 3.05) is 6.54 Å². The van der Waals surface area contributed by atoms with E-state index in [9.17, 15) is 4.79 Å².